The minimum absolute atomic E-state index is 0.0652. The number of rotatable bonds is 6. The van der Waals surface area contributed by atoms with E-state index in [0.717, 1.165) is 0 Å². The van der Waals surface area contributed by atoms with Crippen LogP contribution in [0.3, 0.4) is 0 Å². The highest BCUT2D eigenvalue weighted by Gasteiger charge is 2.18. The van der Waals surface area contributed by atoms with Crippen molar-refractivity contribution >= 4 is 5.78 Å². The van der Waals surface area contributed by atoms with Crippen LogP contribution in [0.25, 0.3) is 0 Å². The van der Waals surface area contributed by atoms with Gasteiger partial charge in [-0.15, -0.1) is 0 Å². The van der Waals surface area contributed by atoms with Crippen LogP contribution in [-0.4, -0.2) is 33.3 Å². The van der Waals surface area contributed by atoms with Crippen molar-refractivity contribution < 1.29 is 9.53 Å². The van der Waals surface area contributed by atoms with Crippen molar-refractivity contribution in [2.75, 3.05) is 6.61 Å². The number of aryl methyl sites for hydroxylation is 1. The molecule has 0 radical (unpaired) electrons. The second-order valence-corrected chi connectivity index (χ2v) is 3.30. The van der Waals surface area contributed by atoms with Gasteiger partial charge in [-0.05, 0) is 13.3 Å². The summed E-state index contributed by atoms with van der Waals surface area (Å²) in [4.78, 5) is 15.8. The van der Waals surface area contributed by atoms with E-state index in [-0.39, 0.29) is 18.3 Å². The number of nitrogens with zero attached hydrogens (tertiary/aromatic N) is 3. The zero-order valence-electron chi connectivity index (χ0n) is 9.43. The second-order valence-electron chi connectivity index (χ2n) is 3.30. The van der Waals surface area contributed by atoms with Crippen molar-refractivity contribution in [3.63, 3.8) is 0 Å². The zero-order chi connectivity index (χ0) is 11.3. The van der Waals surface area contributed by atoms with E-state index in [2.05, 4.69) is 10.1 Å². The Bertz CT molecular complexity index is 322. The molecule has 1 unspecified atom stereocenters. The molecule has 0 saturated carbocycles. The molecule has 5 nitrogen and oxygen atoms in total. The van der Waals surface area contributed by atoms with Gasteiger partial charge >= 0.3 is 0 Å². The van der Waals surface area contributed by atoms with Crippen molar-refractivity contribution in [2.24, 2.45) is 7.05 Å². The number of hydrogen-bond acceptors (Lipinski definition) is 4. The Morgan fingerprint density at radius 2 is 2.33 bits per heavy atom. The lowest BCUT2D eigenvalue weighted by atomic mass is 10.1. The van der Waals surface area contributed by atoms with Gasteiger partial charge in [-0.1, -0.05) is 6.92 Å². The molecule has 0 amide bonds. The van der Waals surface area contributed by atoms with Crippen LogP contribution >= 0.6 is 0 Å². The monoisotopic (exact) mass is 211 g/mol. The fourth-order valence-electron chi connectivity index (χ4n) is 1.39. The molecule has 0 N–H and O–H groups in total. The van der Waals surface area contributed by atoms with Crippen LogP contribution in [0.15, 0.2) is 6.33 Å². The lowest BCUT2D eigenvalue weighted by Gasteiger charge is -2.12. The highest BCUT2D eigenvalue weighted by Crippen LogP contribution is 2.04. The van der Waals surface area contributed by atoms with Crippen LogP contribution in [0, 0.1) is 0 Å². The summed E-state index contributed by atoms with van der Waals surface area (Å²) in [5, 5.41) is 3.91. The first-order chi connectivity index (χ1) is 7.19. The van der Waals surface area contributed by atoms with E-state index in [9.17, 15) is 4.79 Å². The Balaban J connectivity index is 2.58. The predicted octanol–water partition coefficient (Wildman–Crippen LogP) is 0.742. The van der Waals surface area contributed by atoms with Crippen molar-refractivity contribution in [3.05, 3.63) is 12.2 Å². The summed E-state index contributed by atoms with van der Waals surface area (Å²) >= 11 is 0. The van der Waals surface area contributed by atoms with Crippen LogP contribution in [0.2, 0.25) is 0 Å². The third-order valence-corrected chi connectivity index (χ3v) is 2.24. The normalized spacial score (nSPS) is 12.7. The molecule has 0 saturated heterocycles. The molecule has 0 fully saturated rings. The minimum Gasteiger partial charge on any atom is -0.371 e. The molecule has 1 heterocycles. The fourth-order valence-corrected chi connectivity index (χ4v) is 1.39. The molecule has 1 aromatic heterocycles. The number of hydrogen-bond donors (Lipinski definition) is 0. The standard InChI is InChI=1S/C10H17N3O2/c1-4-9(15-5-2)8(14)6-10-11-7-12-13(10)3/h7,9H,4-6H2,1-3H3. The van der Waals surface area contributed by atoms with Crippen molar-refractivity contribution in [1.82, 2.24) is 14.8 Å². The Hall–Kier alpha value is -1.23. The Morgan fingerprint density at radius 1 is 1.60 bits per heavy atom. The van der Waals surface area contributed by atoms with Crippen LogP contribution in [-0.2, 0) is 23.0 Å². The third kappa shape index (κ3) is 3.13. The van der Waals surface area contributed by atoms with Gasteiger partial charge in [0.2, 0.25) is 0 Å². The van der Waals surface area contributed by atoms with Gasteiger partial charge in [0.25, 0.3) is 0 Å². The van der Waals surface area contributed by atoms with Gasteiger partial charge in [0, 0.05) is 13.7 Å². The first kappa shape index (κ1) is 11.8. The van der Waals surface area contributed by atoms with Crippen molar-refractivity contribution in [2.45, 2.75) is 32.8 Å². The lowest BCUT2D eigenvalue weighted by molar-refractivity contribution is -0.129. The molecule has 84 valence electrons. The molecule has 1 aromatic rings. The van der Waals surface area contributed by atoms with Gasteiger partial charge in [-0.3, -0.25) is 9.48 Å². The van der Waals surface area contributed by atoms with E-state index in [1.165, 1.54) is 6.33 Å². The number of ketones is 1. The Morgan fingerprint density at radius 3 is 2.80 bits per heavy atom. The quantitative estimate of drug-likeness (QED) is 0.696. The maximum absolute atomic E-state index is 11.8. The molecule has 0 aliphatic carbocycles. The van der Waals surface area contributed by atoms with Gasteiger partial charge in [0.1, 0.15) is 18.3 Å². The summed E-state index contributed by atoms with van der Waals surface area (Å²) in [7, 11) is 1.78. The highest BCUT2D eigenvalue weighted by molar-refractivity contribution is 5.84. The molecule has 0 bridgehead atoms. The van der Waals surface area contributed by atoms with E-state index in [0.29, 0.717) is 18.9 Å². The van der Waals surface area contributed by atoms with Gasteiger partial charge in [0.05, 0.1) is 6.42 Å². The average molecular weight is 211 g/mol. The van der Waals surface area contributed by atoms with Gasteiger partial charge in [-0.25, -0.2) is 4.98 Å². The maximum Gasteiger partial charge on any atom is 0.169 e. The summed E-state index contributed by atoms with van der Waals surface area (Å²) in [6, 6.07) is 0. The minimum atomic E-state index is -0.313. The van der Waals surface area contributed by atoms with Crippen LogP contribution in [0.4, 0.5) is 0 Å². The number of ether oxygens (including phenoxy) is 1. The van der Waals surface area contributed by atoms with E-state index in [1.54, 1.807) is 11.7 Å². The number of Topliss-reactive ketones (excluding diaryl/α,β-unsaturated/α-hetero) is 1. The molecule has 0 aliphatic rings. The molecular formula is C10H17N3O2. The molecule has 15 heavy (non-hydrogen) atoms. The second kappa shape index (κ2) is 5.60. The van der Waals surface area contributed by atoms with Gasteiger partial charge in [-0.2, -0.15) is 5.10 Å². The molecule has 0 spiro atoms. The largest absolute Gasteiger partial charge is 0.371 e. The summed E-state index contributed by atoms with van der Waals surface area (Å²) in [6.45, 7) is 4.39. The average Bonchev–Trinajstić information content (AvgIpc) is 2.60. The molecule has 5 heteroatoms. The smallest absolute Gasteiger partial charge is 0.169 e. The Labute approximate surface area is 89.5 Å². The molecule has 1 atom stereocenters. The summed E-state index contributed by atoms with van der Waals surface area (Å²) in [6.07, 6.45) is 2.12. The van der Waals surface area contributed by atoms with Crippen molar-refractivity contribution in [1.29, 1.82) is 0 Å². The summed E-state index contributed by atoms with van der Waals surface area (Å²) in [5.74, 6) is 0.744. The Kier molecular flexibility index (Phi) is 4.42. The van der Waals surface area contributed by atoms with Crippen LogP contribution in [0.1, 0.15) is 26.1 Å². The van der Waals surface area contributed by atoms with Gasteiger partial charge in [0.15, 0.2) is 5.78 Å². The third-order valence-electron chi connectivity index (χ3n) is 2.24. The van der Waals surface area contributed by atoms with Crippen LogP contribution in [0.5, 0.6) is 0 Å². The van der Waals surface area contributed by atoms with E-state index < -0.39 is 0 Å². The molecule has 1 rings (SSSR count). The number of carbonyl (C=O) groups is 1. The maximum atomic E-state index is 11.8. The fraction of sp³-hybridized carbons (Fsp3) is 0.700. The van der Waals surface area contributed by atoms with Crippen molar-refractivity contribution in [3.8, 4) is 0 Å². The lowest BCUT2D eigenvalue weighted by Crippen LogP contribution is -2.26. The highest BCUT2D eigenvalue weighted by atomic mass is 16.5. The van der Waals surface area contributed by atoms with Crippen LogP contribution < -0.4 is 0 Å². The number of aromatic nitrogens is 3. The van der Waals surface area contributed by atoms with E-state index >= 15 is 0 Å². The first-order valence-electron chi connectivity index (χ1n) is 5.16. The first-order valence-corrected chi connectivity index (χ1v) is 5.16. The zero-order valence-corrected chi connectivity index (χ0v) is 9.43. The van der Waals surface area contributed by atoms with E-state index in [4.69, 9.17) is 4.74 Å². The van der Waals surface area contributed by atoms with E-state index in [1.807, 2.05) is 13.8 Å². The molecular weight excluding hydrogens is 194 g/mol. The molecule has 0 aromatic carbocycles. The predicted molar refractivity (Wildman–Crippen MR) is 55.4 cm³/mol. The SMILES string of the molecule is CCOC(CC)C(=O)Cc1ncnn1C. The molecule has 0 aliphatic heterocycles. The topological polar surface area (TPSA) is 57.0 Å². The summed E-state index contributed by atoms with van der Waals surface area (Å²) in [5.41, 5.74) is 0. The number of carbonyl (C=O) groups excluding carboxylic acids is 1. The van der Waals surface area contributed by atoms with Gasteiger partial charge < -0.3 is 4.74 Å². The summed E-state index contributed by atoms with van der Waals surface area (Å²) < 4.78 is 6.94.